The van der Waals surface area contributed by atoms with Gasteiger partial charge in [-0.05, 0) is 30.7 Å². The summed E-state index contributed by atoms with van der Waals surface area (Å²) in [5, 5.41) is 1.26. The molecule has 0 amide bonds. The molecule has 0 unspecified atom stereocenters. The Kier molecular flexibility index (Phi) is 2.93. The van der Waals surface area contributed by atoms with Crippen molar-refractivity contribution in [2.24, 2.45) is 0 Å². The van der Waals surface area contributed by atoms with E-state index in [1.165, 1.54) is 22.2 Å². The number of aromatic nitrogens is 1. The molecular formula is C17H14BrNO2. The van der Waals surface area contributed by atoms with Gasteiger partial charge in [0.15, 0.2) is 11.5 Å². The number of H-pyrrole nitrogens is 1. The predicted molar refractivity (Wildman–Crippen MR) is 86.1 cm³/mol. The second-order valence-corrected chi connectivity index (χ2v) is 6.06. The number of hydrogen-bond donors (Lipinski definition) is 1. The van der Waals surface area contributed by atoms with E-state index in [0.717, 1.165) is 28.0 Å². The summed E-state index contributed by atoms with van der Waals surface area (Å²) in [5.74, 6) is 1.68. The lowest BCUT2D eigenvalue weighted by atomic mass is 10.0. The van der Waals surface area contributed by atoms with Gasteiger partial charge in [0.1, 0.15) is 0 Å². The topological polar surface area (TPSA) is 34.2 Å². The highest BCUT2D eigenvalue weighted by Gasteiger charge is 2.21. The molecule has 0 atom stereocenters. The molecule has 3 nitrogen and oxygen atoms in total. The average Bonchev–Trinajstić information content (AvgIpc) is 3.06. The Morgan fingerprint density at radius 2 is 1.95 bits per heavy atom. The van der Waals surface area contributed by atoms with Gasteiger partial charge in [0.05, 0.1) is 0 Å². The van der Waals surface area contributed by atoms with Crippen LogP contribution in [0.4, 0.5) is 0 Å². The number of aryl methyl sites for hydroxylation is 1. The summed E-state index contributed by atoms with van der Waals surface area (Å²) in [6, 6.07) is 12.3. The third-order valence-electron chi connectivity index (χ3n) is 3.97. The standard InChI is InChI=1S/C17H14BrNO2/c1-10-12(11-4-2-3-5-15(11)19-10)8-13-14(18)6-7-16-17(13)21-9-20-16/h2-7,19H,8-9H2,1H3. The minimum Gasteiger partial charge on any atom is -0.454 e. The summed E-state index contributed by atoms with van der Waals surface area (Å²) < 4.78 is 12.2. The molecule has 21 heavy (non-hydrogen) atoms. The first-order valence-corrected chi connectivity index (χ1v) is 7.66. The molecule has 1 aliphatic heterocycles. The Labute approximate surface area is 131 Å². The van der Waals surface area contributed by atoms with Crippen molar-refractivity contribution >= 4 is 26.8 Å². The molecule has 0 saturated carbocycles. The predicted octanol–water partition coefficient (Wildman–Crippen LogP) is 4.56. The van der Waals surface area contributed by atoms with Crippen molar-refractivity contribution in [3.05, 3.63) is 57.7 Å². The molecular weight excluding hydrogens is 330 g/mol. The quantitative estimate of drug-likeness (QED) is 0.740. The monoisotopic (exact) mass is 343 g/mol. The van der Waals surface area contributed by atoms with Crippen molar-refractivity contribution in [3.63, 3.8) is 0 Å². The average molecular weight is 344 g/mol. The summed E-state index contributed by atoms with van der Waals surface area (Å²) in [5.41, 5.74) is 4.80. The third-order valence-corrected chi connectivity index (χ3v) is 4.71. The summed E-state index contributed by atoms with van der Waals surface area (Å²) in [4.78, 5) is 3.45. The summed E-state index contributed by atoms with van der Waals surface area (Å²) >= 11 is 3.64. The molecule has 4 rings (SSSR count). The highest BCUT2D eigenvalue weighted by Crippen LogP contribution is 2.41. The number of nitrogens with one attached hydrogen (secondary N) is 1. The molecule has 1 aromatic heterocycles. The van der Waals surface area contributed by atoms with Gasteiger partial charge in [-0.15, -0.1) is 0 Å². The number of halogens is 1. The van der Waals surface area contributed by atoms with Crippen molar-refractivity contribution in [2.45, 2.75) is 13.3 Å². The van der Waals surface area contributed by atoms with E-state index in [1.807, 2.05) is 12.1 Å². The first-order chi connectivity index (χ1) is 10.2. The number of para-hydroxylation sites is 1. The molecule has 4 heteroatoms. The number of hydrogen-bond acceptors (Lipinski definition) is 2. The van der Waals surface area contributed by atoms with E-state index in [2.05, 4.69) is 52.1 Å². The molecule has 106 valence electrons. The van der Waals surface area contributed by atoms with Crippen LogP contribution in [-0.4, -0.2) is 11.8 Å². The van der Waals surface area contributed by atoms with Crippen LogP contribution in [0, 0.1) is 6.92 Å². The minimum absolute atomic E-state index is 0.297. The zero-order valence-corrected chi connectivity index (χ0v) is 13.2. The number of rotatable bonds is 2. The molecule has 0 spiro atoms. The zero-order valence-electron chi connectivity index (χ0n) is 11.6. The van der Waals surface area contributed by atoms with Gasteiger partial charge >= 0.3 is 0 Å². The van der Waals surface area contributed by atoms with E-state index in [9.17, 15) is 0 Å². The molecule has 2 aromatic carbocycles. The van der Waals surface area contributed by atoms with Crippen LogP contribution < -0.4 is 9.47 Å². The van der Waals surface area contributed by atoms with Gasteiger partial charge in [-0.25, -0.2) is 0 Å². The molecule has 1 aliphatic rings. The SMILES string of the molecule is Cc1[nH]c2ccccc2c1Cc1c(Br)ccc2c1OCO2. The summed E-state index contributed by atoms with van der Waals surface area (Å²) in [7, 11) is 0. The lowest BCUT2D eigenvalue weighted by Gasteiger charge is -2.09. The first-order valence-electron chi connectivity index (χ1n) is 6.87. The molecule has 0 bridgehead atoms. The fourth-order valence-corrected chi connectivity index (χ4v) is 3.36. The third kappa shape index (κ3) is 2.02. The fourth-order valence-electron chi connectivity index (χ4n) is 2.91. The van der Waals surface area contributed by atoms with Crippen molar-refractivity contribution in [2.75, 3.05) is 6.79 Å². The van der Waals surface area contributed by atoms with E-state index in [4.69, 9.17) is 9.47 Å². The van der Waals surface area contributed by atoms with Crippen molar-refractivity contribution in [3.8, 4) is 11.5 Å². The van der Waals surface area contributed by atoms with E-state index in [-0.39, 0.29) is 0 Å². The Morgan fingerprint density at radius 1 is 1.10 bits per heavy atom. The van der Waals surface area contributed by atoms with Gasteiger partial charge in [-0.3, -0.25) is 0 Å². The minimum atomic E-state index is 0.297. The number of benzene rings is 2. The Bertz CT molecular complexity index is 838. The molecule has 2 heterocycles. The first kappa shape index (κ1) is 12.8. The summed E-state index contributed by atoms with van der Waals surface area (Å²) in [6.45, 7) is 2.41. The van der Waals surface area contributed by atoms with Crippen LogP contribution in [0.5, 0.6) is 11.5 Å². The van der Waals surface area contributed by atoms with E-state index < -0.39 is 0 Å². The smallest absolute Gasteiger partial charge is 0.231 e. The number of ether oxygens (including phenoxy) is 2. The van der Waals surface area contributed by atoms with Crippen molar-refractivity contribution < 1.29 is 9.47 Å². The van der Waals surface area contributed by atoms with Crippen LogP contribution in [0.2, 0.25) is 0 Å². The summed E-state index contributed by atoms with van der Waals surface area (Å²) in [6.07, 6.45) is 0.808. The van der Waals surface area contributed by atoms with E-state index >= 15 is 0 Å². The van der Waals surface area contributed by atoms with Gasteiger partial charge in [-0.2, -0.15) is 0 Å². The fraction of sp³-hybridized carbons (Fsp3) is 0.176. The van der Waals surface area contributed by atoms with Crippen molar-refractivity contribution in [1.82, 2.24) is 4.98 Å². The molecule has 0 radical (unpaired) electrons. The number of fused-ring (bicyclic) bond motifs is 2. The van der Waals surface area contributed by atoms with Crippen molar-refractivity contribution in [1.29, 1.82) is 0 Å². The Hall–Kier alpha value is -1.94. The molecule has 3 aromatic rings. The maximum atomic E-state index is 5.65. The van der Waals surface area contributed by atoms with Crippen LogP contribution in [-0.2, 0) is 6.42 Å². The van der Waals surface area contributed by atoms with Gasteiger partial charge in [-0.1, -0.05) is 34.1 Å². The second-order valence-electron chi connectivity index (χ2n) is 5.21. The second kappa shape index (κ2) is 4.81. The van der Waals surface area contributed by atoms with Crippen LogP contribution in [0.3, 0.4) is 0 Å². The normalized spacial score (nSPS) is 13.0. The molecule has 1 N–H and O–H groups in total. The maximum Gasteiger partial charge on any atom is 0.231 e. The molecule has 0 aliphatic carbocycles. The van der Waals surface area contributed by atoms with Crippen LogP contribution in [0.15, 0.2) is 40.9 Å². The maximum absolute atomic E-state index is 5.65. The van der Waals surface area contributed by atoms with E-state index in [0.29, 0.717) is 6.79 Å². The van der Waals surface area contributed by atoms with Gasteiger partial charge < -0.3 is 14.5 Å². The van der Waals surface area contributed by atoms with Crippen LogP contribution >= 0.6 is 15.9 Å². The van der Waals surface area contributed by atoms with E-state index in [1.54, 1.807) is 0 Å². The van der Waals surface area contributed by atoms with Gasteiger partial charge in [0.2, 0.25) is 6.79 Å². The lowest BCUT2D eigenvalue weighted by molar-refractivity contribution is 0.173. The lowest BCUT2D eigenvalue weighted by Crippen LogP contribution is -1.96. The molecule has 0 saturated heterocycles. The van der Waals surface area contributed by atoms with Crippen LogP contribution in [0.25, 0.3) is 10.9 Å². The van der Waals surface area contributed by atoms with Gasteiger partial charge in [0, 0.05) is 33.1 Å². The van der Waals surface area contributed by atoms with Gasteiger partial charge in [0.25, 0.3) is 0 Å². The number of aromatic amines is 1. The Morgan fingerprint density at radius 3 is 2.86 bits per heavy atom. The highest BCUT2D eigenvalue weighted by atomic mass is 79.9. The largest absolute Gasteiger partial charge is 0.454 e. The Balaban J connectivity index is 1.86. The van der Waals surface area contributed by atoms with Crippen LogP contribution in [0.1, 0.15) is 16.8 Å². The zero-order chi connectivity index (χ0) is 14.4. The highest BCUT2D eigenvalue weighted by molar-refractivity contribution is 9.10. The molecule has 0 fully saturated rings.